The van der Waals surface area contributed by atoms with Crippen LogP contribution in [0.2, 0.25) is 0 Å². The largest absolute Gasteiger partial charge is 0.401 e. The van der Waals surface area contributed by atoms with Gasteiger partial charge in [0.1, 0.15) is 5.56 Å². The standard InChI is InChI=1S/C20H25F3N6O2/c21-20(22,23)12-28-8-5-19(4-7-24,6-9-28)29-11-13(15(25)30)16(27-29)26-17(31)14-10-18(14)2-1-3-18/h11,14H,1-6,8-10,12H2,(H2,25,30)(H,26,27,31). The van der Waals surface area contributed by atoms with Crippen LogP contribution in [-0.2, 0) is 10.3 Å². The zero-order valence-electron chi connectivity index (χ0n) is 17.0. The van der Waals surface area contributed by atoms with Gasteiger partial charge in [-0.05, 0) is 37.5 Å². The van der Waals surface area contributed by atoms with Gasteiger partial charge < -0.3 is 11.1 Å². The minimum Gasteiger partial charge on any atom is -0.365 e. The number of amides is 2. The van der Waals surface area contributed by atoms with Gasteiger partial charge in [-0.3, -0.25) is 19.2 Å². The summed E-state index contributed by atoms with van der Waals surface area (Å²) < 4.78 is 39.6. The number of piperidine rings is 1. The van der Waals surface area contributed by atoms with Crippen LogP contribution >= 0.6 is 0 Å². The van der Waals surface area contributed by atoms with E-state index in [2.05, 4.69) is 16.5 Å². The Bertz CT molecular complexity index is 922. The molecule has 0 radical (unpaired) electrons. The first-order valence-corrected chi connectivity index (χ1v) is 10.4. The number of nitriles is 1. The molecule has 3 N–H and O–H groups in total. The molecule has 1 aliphatic heterocycles. The number of likely N-dealkylation sites (tertiary alicyclic amines) is 1. The summed E-state index contributed by atoms with van der Waals surface area (Å²) in [4.78, 5) is 25.9. The zero-order valence-corrected chi connectivity index (χ0v) is 17.0. The number of carbonyl (C=O) groups excluding carboxylic acids is 2. The number of aromatic nitrogens is 2. The van der Waals surface area contributed by atoms with Crippen LogP contribution in [0.1, 0.15) is 55.3 Å². The van der Waals surface area contributed by atoms with Gasteiger partial charge in [0.15, 0.2) is 5.82 Å². The van der Waals surface area contributed by atoms with Crippen molar-refractivity contribution >= 4 is 17.6 Å². The molecule has 2 amide bonds. The van der Waals surface area contributed by atoms with Crippen molar-refractivity contribution in [1.29, 1.82) is 5.26 Å². The molecule has 31 heavy (non-hydrogen) atoms. The SMILES string of the molecule is N#CCC1(n2cc(C(N)=O)c(NC(=O)C3CC34CCC4)n2)CCN(CC(F)(F)F)CC1. The van der Waals surface area contributed by atoms with Crippen LogP contribution in [-0.4, -0.2) is 52.3 Å². The Hall–Kier alpha value is -2.61. The van der Waals surface area contributed by atoms with Gasteiger partial charge in [-0.1, -0.05) is 6.42 Å². The molecule has 1 saturated heterocycles. The van der Waals surface area contributed by atoms with Crippen molar-refractivity contribution in [2.45, 2.75) is 56.7 Å². The van der Waals surface area contributed by atoms with E-state index in [1.54, 1.807) is 0 Å². The number of rotatable bonds is 6. The van der Waals surface area contributed by atoms with Gasteiger partial charge in [-0.25, -0.2) is 0 Å². The molecule has 3 fully saturated rings. The summed E-state index contributed by atoms with van der Waals surface area (Å²) in [5.74, 6) is -1.00. The third-order valence-corrected chi connectivity index (χ3v) is 7.16. The highest BCUT2D eigenvalue weighted by atomic mass is 19.4. The summed E-state index contributed by atoms with van der Waals surface area (Å²) in [6.45, 7) is -0.732. The Balaban J connectivity index is 1.53. The summed E-state index contributed by atoms with van der Waals surface area (Å²) in [5.41, 5.74) is 4.76. The first-order chi connectivity index (χ1) is 14.6. The van der Waals surface area contributed by atoms with Crippen molar-refractivity contribution in [3.63, 3.8) is 0 Å². The lowest BCUT2D eigenvalue weighted by atomic mass is 9.80. The van der Waals surface area contributed by atoms with Crippen LogP contribution in [0, 0.1) is 22.7 Å². The van der Waals surface area contributed by atoms with E-state index >= 15 is 0 Å². The molecule has 2 heterocycles. The van der Waals surface area contributed by atoms with Gasteiger partial charge in [0.25, 0.3) is 5.91 Å². The molecule has 1 aromatic heterocycles. The fourth-order valence-electron chi connectivity index (χ4n) is 5.01. The second kappa shape index (κ2) is 7.51. The minimum atomic E-state index is -4.29. The lowest BCUT2D eigenvalue weighted by molar-refractivity contribution is -0.150. The third kappa shape index (κ3) is 4.13. The predicted molar refractivity (Wildman–Crippen MR) is 104 cm³/mol. The van der Waals surface area contributed by atoms with E-state index in [-0.39, 0.29) is 61.0 Å². The Kier molecular flexibility index (Phi) is 5.24. The van der Waals surface area contributed by atoms with Crippen LogP contribution in [0.3, 0.4) is 0 Å². The smallest absolute Gasteiger partial charge is 0.365 e. The van der Waals surface area contributed by atoms with Gasteiger partial charge in [-0.15, -0.1) is 0 Å². The van der Waals surface area contributed by atoms with Crippen molar-refractivity contribution in [2.24, 2.45) is 17.1 Å². The van der Waals surface area contributed by atoms with Gasteiger partial charge in [0, 0.05) is 25.2 Å². The molecule has 1 unspecified atom stereocenters. The first kappa shape index (κ1) is 21.6. The van der Waals surface area contributed by atoms with Crippen molar-refractivity contribution in [2.75, 3.05) is 25.0 Å². The van der Waals surface area contributed by atoms with Gasteiger partial charge in [-0.2, -0.15) is 23.5 Å². The number of halogens is 3. The third-order valence-electron chi connectivity index (χ3n) is 7.16. The second-order valence-electron chi connectivity index (χ2n) is 9.11. The number of hydrogen-bond acceptors (Lipinski definition) is 5. The summed E-state index contributed by atoms with van der Waals surface area (Å²) in [6, 6.07) is 2.09. The number of anilines is 1. The molecule has 0 aromatic carbocycles. The second-order valence-corrected chi connectivity index (χ2v) is 9.11. The topological polar surface area (TPSA) is 117 Å². The van der Waals surface area contributed by atoms with Crippen LogP contribution in [0.25, 0.3) is 0 Å². The van der Waals surface area contributed by atoms with E-state index in [1.807, 2.05) is 0 Å². The molecular formula is C20H25F3N6O2. The van der Waals surface area contributed by atoms with Crippen LogP contribution in [0.4, 0.5) is 19.0 Å². The van der Waals surface area contributed by atoms with E-state index in [9.17, 15) is 28.0 Å². The van der Waals surface area contributed by atoms with Gasteiger partial charge in [0.2, 0.25) is 5.91 Å². The Morgan fingerprint density at radius 3 is 2.45 bits per heavy atom. The highest BCUT2D eigenvalue weighted by Crippen LogP contribution is 2.65. The highest BCUT2D eigenvalue weighted by Gasteiger charge is 2.61. The average molecular weight is 438 g/mol. The molecule has 4 rings (SSSR count). The van der Waals surface area contributed by atoms with Crippen molar-refractivity contribution in [1.82, 2.24) is 14.7 Å². The van der Waals surface area contributed by atoms with Crippen LogP contribution < -0.4 is 11.1 Å². The molecule has 2 aliphatic carbocycles. The maximum atomic E-state index is 12.7. The Morgan fingerprint density at radius 1 is 1.29 bits per heavy atom. The number of nitrogens with one attached hydrogen (secondary N) is 1. The van der Waals surface area contributed by atoms with E-state index in [1.165, 1.54) is 15.8 Å². The predicted octanol–water partition coefficient (Wildman–Crippen LogP) is 2.38. The minimum absolute atomic E-state index is 0.0197. The molecule has 11 heteroatoms. The maximum Gasteiger partial charge on any atom is 0.401 e. The molecule has 3 aliphatic rings. The quantitative estimate of drug-likeness (QED) is 0.707. The maximum absolute atomic E-state index is 12.7. The molecule has 1 atom stereocenters. The first-order valence-electron chi connectivity index (χ1n) is 10.4. The lowest BCUT2D eigenvalue weighted by Crippen LogP contribution is -2.48. The number of nitrogens with zero attached hydrogens (tertiary/aromatic N) is 4. The monoisotopic (exact) mass is 438 g/mol. The number of nitrogens with two attached hydrogens (primary N) is 1. The summed E-state index contributed by atoms with van der Waals surface area (Å²) in [5, 5.41) is 16.5. The number of primary amides is 1. The van der Waals surface area contributed by atoms with E-state index in [0.29, 0.717) is 0 Å². The summed E-state index contributed by atoms with van der Waals surface area (Å²) in [6.07, 6.45) is 1.66. The molecule has 8 nitrogen and oxygen atoms in total. The Labute approximate surface area is 177 Å². The van der Waals surface area contributed by atoms with Crippen molar-refractivity contribution in [3.05, 3.63) is 11.8 Å². The molecule has 2 saturated carbocycles. The summed E-state index contributed by atoms with van der Waals surface area (Å²) >= 11 is 0. The number of hydrogen-bond donors (Lipinski definition) is 2. The average Bonchev–Trinajstić information content (AvgIpc) is 3.30. The van der Waals surface area contributed by atoms with Crippen molar-refractivity contribution < 1.29 is 22.8 Å². The van der Waals surface area contributed by atoms with Gasteiger partial charge in [0.05, 0.1) is 24.6 Å². The molecule has 0 bridgehead atoms. The zero-order chi connectivity index (χ0) is 22.4. The van der Waals surface area contributed by atoms with E-state index in [4.69, 9.17) is 5.73 Å². The Morgan fingerprint density at radius 2 is 1.97 bits per heavy atom. The molecule has 1 aromatic rings. The van der Waals surface area contributed by atoms with E-state index in [0.717, 1.165) is 25.7 Å². The fraction of sp³-hybridized carbons (Fsp3) is 0.700. The molecule has 168 valence electrons. The van der Waals surface area contributed by atoms with Crippen LogP contribution in [0.15, 0.2) is 6.20 Å². The highest BCUT2D eigenvalue weighted by molar-refractivity contribution is 6.03. The number of carbonyl (C=O) groups is 2. The van der Waals surface area contributed by atoms with Crippen molar-refractivity contribution in [3.8, 4) is 6.07 Å². The lowest BCUT2D eigenvalue weighted by Gasteiger charge is -2.40. The summed E-state index contributed by atoms with van der Waals surface area (Å²) in [7, 11) is 0. The fourth-order valence-corrected chi connectivity index (χ4v) is 5.01. The van der Waals surface area contributed by atoms with Crippen LogP contribution in [0.5, 0.6) is 0 Å². The normalized spacial score (nSPS) is 24.3. The van der Waals surface area contributed by atoms with Gasteiger partial charge >= 0.3 is 6.18 Å². The number of alkyl halides is 3. The molecular weight excluding hydrogens is 413 g/mol. The molecule has 1 spiro atoms. The van der Waals surface area contributed by atoms with E-state index < -0.39 is 24.2 Å².